The fraction of sp³-hybridized carbons (Fsp3) is 0.100. The number of hydrogen-bond donors (Lipinski definition) is 1. The van der Waals surface area contributed by atoms with Crippen molar-refractivity contribution in [2.45, 2.75) is 6.92 Å². The van der Waals surface area contributed by atoms with Crippen molar-refractivity contribution < 1.29 is 0 Å². The molecule has 0 fully saturated rings. The monoisotopic (exact) mass is 224 g/mol. The molecule has 0 amide bonds. The van der Waals surface area contributed by atoms with Gasteiger partial charge in [0.05, 0.1) is 27.0 Å². The molecule has 0 radical (unpaired) electrons. The molecule has 0 bridgehead atoms. The normalized spacial score (nSPS) is 10.4. The largest absolute Gasteiger partial charge is 0.397 e. The summed E-state index contributed by atoms with van der Waals surface area (Å²) in [5, 5.41) is 2.69. The van der Waals surface area contributed by atoms with E-state index in [2.05, 4.69) is 4.98 Å². The minimum absolute atomic E-state index is 0.710. The number of thiophene rings is 1. The van der Waals surface area contributed by atoms with E-state index >= 15 is 0 Å². The van der Waals surface area contributed by atoms with Gasteiger partial charge in [0, 0.05) is 0 Å². The number of aromatic nitrogens is 1. The molecule has 2 N–H and O–H groups in total. The van der Waals surface area contributed by atoms with Crippen LogP contribution in [0.1, 0.15) is 5.69 Å². The number of rotatable bonds is 1. The van der Waals surface area contributed by atoms with E-state index in [-0.39, 0.29) is 0 Å². The zero-order chi connectivity index (χ0) is 10.1. The molecule has 2 nitrogen and oxygen atoms in total. The van der Waals surface area contributed by atoms with Crippen molar-refractivity contribution in [3.8, 4) is 10.6 Å². The van der Waals surface area contributed by atoms with Crippen LogP contribution in [0.2, 0.25) is 5.02 Å². The molecule has 2 aromatic rings. The number of nitrogen functional groups attached to an aromatic ring is 1. The van der Waals surface area contributed by atoms with Gasteiger partial charge in [-0.3, -0.25) is 4.98 Å². The maximum absolute atomic E-state index is 6.01. The van der Waals surface area contributed by atoms with E-state index < -0.39 is 0 Å². The van der Waals surface area contributed by atoms with E-state index in [4.69, 9.17) is 17.3 Å². The summed E-state index contributed by atoms with van der Waals surface area (Å²) < 4.78 is 0. The van der Waals surface area contributed by atoms with Gasteiger partial charge in [-0.1, -0.05) is 11.6 Å². The van der Waals surface area contributed by atoms with Crippen LogP contribution in [0.3, 0.4) is 0 Å². The first-order valence-electron chi connectivity index (χ1n) is 4.15. The quantitative estimate of drug-likeness (QED) is 0.807. The van der Waals surface area contributed by atoms with Gasteiger partial charge < -0.3 is 5.73 Å². The smallest absolute Gasteiger partial charge is 0.0821 e. The highest BCUT2D eigenvalue weighted by atomic mass is 35.5. The predicted molar refractivity (Wildman–Crippen MR) is 61.7 cm³/mol. The molecule has 0 atom stereocenters. The number of hydrogen-bond acceptors (Lipinski definition) is 3. The molecular weight excluding hydrogens is 216 g/mol. The first-order chi connectivity index (χ1) is 6.68. The number of nitrogens with zero attached hydrogens (tertiary/aromatic N) is 1. The summed E-state index contributed by atoms with van der Waals surface area (Å²) in [6.45, 7) is 1.89. The van der Waals surface area contributed by atoms with E-state index in [1.807, 2.05) is 30.5 Å². The molecule has 72 valence electrons. The highest BCUT2D eigenvalue weighted by Gasteiger charge is 2.07. The van der Waals surface area contributed by atoms with Gasteiger partial charge in [-0.2, -0.15) is 0 Å². The Morgan fingerprint density at radius 3 is 2.71 bits per heavy atom. The topological polar surface area (TPSA) is 38.9 Å². The second-order valence-electron chi connectivity index (χ2n) is 2.97. The van der Waals surface area contributed by atoms with Gasteiger partial charge in [0.2, 0.25) is 0 Å². The van der Waals surface area contributed by atoms with Gasteiger partial charge in [-0.15, -0.1) is 11.3 Å². The average molecular weight is 225 g/mol. The fourth-order valence-electron chi connectivity index (χ4n) is 1.17. The van der Waals surface area contributed by atoms with Crippen molar-refractivity contribution in [3.05, 3.63) is 34.3 Å². The lowest BCUT2D eigenvalue weighted by Crippen LogP contribution is -1.93. The van der Waals surface area contributed by atoms with Crippen LogP contribution >= 0.6 is 22.9 Å². The van der Waals surface area contributed by atoms with Crippen molar-refractivity contribution in [3.63, 3.8) is 0 Å². The molecule has 0 unspecified atom stereocenters. The molecule has 2 rings (SSSR count). The maximum atomic E-state index is 6.01. The molecule has 2 heterocycles. The third kappa shape index (κ3) is 1.61. The molecule has 0 aliphatic heterocycles. The van der Waals surface area contributed by atoms with Crippen LogP contribution < -0.4 is 5.73 Å². The van der Waals surface area contributed by atoms with Gasteiger partial charge in [-0.25, -0.2) is 0 Å². The molecule has 14 heavy (non-hydrogen) atoms. The highest BCUT2D eigenvalue weighted by molar-refractivity contribution is 7.14. The van der Waals surface area contributed by atoms with E-state index in [0.717, 1.165) is 21.3 Å². The lowest BCUT2D eigenvalue weighted by molar-refractivity contribution is 1.22. The van der Waals surface area contributed by atoms with Crippen LogP contribution in [0.5, 0.6) is 0 Å². The van der Waals surface area contributed by atoms with Crippen LogP contribution in [0.15, 0.2) is 23.6 Å². The van der Waals surface area contributed by atoms with E-state index in [1.54, 1.807) is 11.3 Å². The summed E-state index contributed by atoms with van der Waals surface area (Å²) in [7, 11) is 0. The number of aryl methyl sites for hydroxylation is 1. The van der Waals surface area contributed by atoms with Crippen LogP contribution in [0, 0.1) is 6.92 Å². The molecule has 4 heteroatoms. The Labute approximate surface area is 91.4 Å². The van der Waals surface area contributed by atoms with Crippen LogP contribution in [-0.4, -0.2) is 4.98 Å². The predicted octanol–water partition coefficient (Wildman–Crippen LogP) is 3.35. The Bertz CT molecular complexity index is 465. The summed E-state index contributed by atoms with van der Waals surface area (Å²) >= 11 is 7.59. The number of pyridine rings is 1. The third-order valence-electron chi connectivity index (χ3n) is 1.98. The van der Waals surface area contributed by atoms with Crippen molar-refractivity contribution >= 4 is 28.6 Å². The highest BCUT2D eigenvalue weighted by Crippen LogP contribution is 2.32. The lowest BCUT2D eigenvalue weighted by atomic mass is 10.2. The van der Waals surface area contributed by atoms with Crippen molar-refractivity contribution in [1.82, 2.24) is 4.98 Å². The first kappa shape index (κ1) is 9.49. The van der Waals surface area contributed by atoms with E-state index in [1.165, 1.54) is 0 Å². The first-order valence-corrected chi connectivity index (χ1v) is 5.41. The van der Waals surface area contributed by atoms with Gasteiger partial charge >= 0.3 is 0 Å². The average Bonchev–Trinajstić information content (AvgIpc) is 2.57. The second-order valence-corrected chi connectivity index (χ2v) is 4.29. The van der Waals surface area contributed by atoms with Gasteiger partial charge in [0.15, 0.2) is 0 Å². The maximum Gasteiger partial charge on any atom is 0.0821 e. The van der Waals surface area contributed by atoms with Crippen molar-refractivity contribution in [1.29, 1.82) is 0 Å². The van der Waals surface area contributed by atoms with Gasteiger partial charge in [0.1, 0.15) is 0 Å². The Balaban J connectivity index is 2.53. The summed E-state index contributed by atoms with van der Waals surface area (Å²) in [4.78, 5) is 5.37. The molecule has 0 spiro atoms. The second kappa shape index (κ2) is 3.59. The van der Waals surface area contributed by atoms with Crippen molar-refractivity contribution in [2.75, 3.05) is 5.73 Å². The summed E-state index contributed by atoms with van der Waals surface area (Å²) in [5.74, 6) is 0. The Hall–Kier alpha value is -1.06. The molecule has 2 aromatic heterocycles. The summed E-state index contributed by atoms with van der Waals surface area (Å²) in [6, 6.07) is 5.61. The molecular formula is C10H9ClN2S. The van der Waals surface area contributed by atoms with E-state index in [0.29, 0.717) is 5.69 Å². The molecule has 0 aliphatic rings. The Kier molecular flexibility index (Phi) is 2.44. The minimum Gasteiger partial charge on any atom is -0.397 e. The molecule has 0 aromatic carbocycles. The van der Waals surface area contributed by atoms with E-state index in [9.17, 15) is 0 Å². The summed E-state index contributed by atoms with van der Waals surface area (Å²) in [5.41, 5.74) is 8.12. The lowest BCUT2D eigenvalue weighted by Gasteiger charge is -2.02. The fourth-order valence-corrected chi connectivity index (χ4v) is 2.30. The van der Waals surface area contributed by atoms with Crippen LogP contribution in [-0.2, 0) is 0 Å². The van der Waals surface area contributed by atoms with Gasteiger partial charge in [-0.05, 0) is 30.5 Å². The summed E-state index contributed by atoms with van der Waals surface area (Å²) in [6.07, 6.45) is 0. The standard InChI is InChI=1S/C10H9ClN2S/c1-6-8(12)2-3-9(13-6)10-7(11)4-5-14-10/h2-5H,12H2,1H3. The Morgan fingerprint density at radius 2 is 2.14 bits per heavy atom. The zero-order valence-corrected chi connectivity index (χ0v) is 9.19. The van der Waals surface area contributed by atoms with Crippen LogP contribution in [0.25, 0.3) is 10.6 Å². The molecule has 0 saturated carbocycles. The number of halogens is 1. The third-order valence-corrected chi connectivity index (χ3v) is 3.34. The SMILES string of the molecule is Cc1nc(-c2sccc2Cl)ccc1N. The molecule has 0 aliphatic carbocycles. The number of nitrogens with two attached hydrogens (primary N) is 1. The minimum atomic E-state index is 0.710. The van der Waals surface area contributed by atoms with Crippen molar-refractivity contribution in [2.24, 2.45) is 0 Å². The molecule has 0 saturated heterocycles. The zero-order valence-electron chi connectivity index (χ0n) is 7.62. The van der Waals surface area contributed by atoms with Crippen LogP contribution in [0.4, 0.5) is 5.69 Å². The van der Waals surface area contributed by atoms with Gasteiger partial charge in [0.25, 0.3) is 0 Å². The number of anilines is 1. The Morgan fingerprint density at radius 1 is 1.36 bits per heavy atom.